The van der Waals surface area contributed by atoms with Crippen LogP contribution in [0.5, 0.6) is 0 Å². The predicted octanol–water partition coefficient (Wildman–Crippen LogP) is 10.8. The van der Waals surface area contributed by atoms with E-state index in [0.717, 1.165) is 90.4 Å². The number of ketones is 1. The molecule has 4 aromatic rings. The van der Waals surface area contributed by atoms with Crippen molar-refractivity contribution in [3.63, 3.8) is 0 Å². The molecule has 12 heteroatoms. The number of benzene rings is 3. The first-order chi connectivity index (χ1) is 37.3. The summed E-state index contributed by atoms with van der Waals surface area (Å²) in [4.78, 5) is 57.3. The van der Waals surface area contributed by atoms with Gasteiger partial charge in [0.25, 0.3) is 5.91 Å². The fraction of sp³-hybridized carbons (Fsp3) is 0.523. The standard InChI is InChI=1S/C33H44N4O4.C19H26N2O.C13H15N/c1-3-22(2)25(32(40)37-17-15-33(16-18-37)14-13-24-11-7-8-12-26(24)33)20-28(38)27(19-23-9-5-4-6-10-23)35-31(39)29-21-30(34)36-41-29;1-3-14(2)17(20)18(22)21-12-10-19(11-13-21)9-8-15-6-4-5-7-16(15)19;1-2-4-12-11(3-1)5-6-13(12)7-9-14-10-8-13/h7-8,11-14,21-23,25,27H,3-6,9-10,15-20H2,1-2H3,(H2,34,36)(H,35,39);4-9,14,17H,3,10-13,20H2,1-2H3;1-6,14H,7-10H2/t22-,25-,27-;14-,17-;/m00./s1. The molecular formula is C65H85N7O5. The molecular weight excluding hydrogens is 959 g/mol. The van der Waals surface area contributed by atoms with Crippen LogP contribution in [0.15, 0.2) is 102 Å². The molecule has 3 spiro atoms. The molecule has 11 rings (SSSR count). The molecule has 3 aromatic carbocycles. The van der Waals surface area contributed by atoms with Gasteiger partial charge in [0.15, 0.2) is 11.6 Å². The Balaban J connectivity index is 0.000000165. The SMILES string of the molecule is C1=CC2(CCNCC2)c2ccccc21.CC[C@H](C)[C@H](CC(=O)[C@H](CC1CCCCC1)NC(=O)c1cc(N)no1)C(=O)N1CCC2(C=Cc3ccccc32)CC1.CC[C@H](C)[C@H](N)C(=O)N1CCC2(C=Cc3ccccc32)CC1. The summed E-state index contributed by atoms with van der Waals surface area (Å²) in [6, 6.07) is 26.3. The van der Waals surface area contributed by atoms with Crippen LogP contribution in [0.1, 0.15) is 168 Å². The van der Waals surface area contributed by atoms with Gasteiger partial charge in [-0.15, -0.1) is 0 Å². The number of nitrogens with two attached hydrogens (primary N) is 2. The Morgan fingerprint density at radius 2 is 1.14 bits per heavy atom. The van der Waals surface area contributed by atoms with Crippen molar-refractivity contribution in [1.82, 2.24) is 25.6 Å². The number of nitrogen functional groups attached to an aromatic ring is 1. The first kappa shape index (κ1) is 55.6. The zero-order chi connectivity index (χ0) is 54.2. The van der Waals surface area contributed by atoms with Crippen molar-refractivity contribution < 1.29 is 23.7 Å². The third-order valence-electron chi connectivity index (χ3n) is 19.0. The number of Topliss-reactive ketones (excluding diaryl/α,β-unsaturated/α-hetero) is 1. The minimum atomic E-state index is -0.680. The summed E-state index contributed by atoms with van der Waals surface area (Å²) in [6.07, 6.45) is 28.1. The van der Waals surface area contributed by atoms with Crippen molar-refractivity contribution in [2.24, 2.45) is 29.4 Å². The highest BCUT2D eigenvalue weighted by Gasteiger charge is 2.43. The van der Waals surface area contributed by atoms with Gasteiger partial charge in [0.1, 0.15) is 0 Å². The average Bonchev–Trinajstić information content (AvgIpc) is 4.29. The Labute approximate surface area is 457 Å². The van der Waals surface area contributed by atoms with E-state index in [1.165, 1.54) is 53.1 Å². The second kappa shape index (κ2) is 24.7. The fourth-order valence-corrected chi connectivity index (χ4v) is 13.5. The van der Waals surface area contributed by atoms with Gasteiger partial charge in [0.2, 0.25) is 17.6 Å². The molecule has 3 aliphatic heterocycles. The number of carbonyl (C=O) groups is 4. The first-order valence-electron chi connectivity index (χ1n) is 29.2. The first-order valence-corrected chi connectivity index (χ1v) is 29.2. The lowest BCUT2D eigenvalue weighted by Crippen LogP contribution is -2.51. The zero-order valence-electron chi connectivity index (χ0n) is 46.3. The van der Waals surface area contributed by atoms with Gasteiger partial charge in [0, 0.05) is 60.8 Å². The third-order valence-corrected chi connectivity index (χ3v) is 19.0. The van der Waals surface area contributed by atoms with Gasteiger partial charge in [0.05, 0.1) is 12.1 Å². The second-order valence-corrected chi connectivity index (χ2v) is 23.6. The molecule has 4 fully saturated rings. The molecule has 0 radical (unpaired) electrons. The van der Waals surface area contributed by atoms with Crippen LogP contribution < -0.4 is 22.1 Å². The van der Waals surface area contributed by atoms with E-state index >= 15 is 0 Å². The van der Waals surface area contributed by atoms with Crippen LogP contribution in [0.3, 0.4) is 0 Å². The maximum Gasteiger partial charge on any atom is 0.290 e. The molecule has 0 bridgehead atoms. The number of fused-ring (bicyclic) bond motifs is 6. The number of allylic oxidation sites excluding steroid dienone is 3. The number of anilines is 1. The van der Waals surface area contributed by atoms with Crippen molar-refractivity contribution in [1.29, 1.82) is 0 Å². The number of amides is 3. The Morgan fingerprint density at radius 1 is 0.675 bits per heavy atom. The number of likely N-dealkylation sites (tertiary alicyclic amines) is 2. The highest BCUT2D eigenvalue weighted by Crippen LogP contribution is 2.46. The molecule has 77 heavy (non-hydrogen) atoms. The van der Waals surface area contributed by atoms with E-state index in [0.29, 0.717) is 30.8 Å². The molecule has 12 nitrogen and oxygen atoms in total. The Bertz CT molecular complexity index is 2780. The maximum absolute atomic E-state index is 14.0. The van der Waals surface area contributed by atoms with Crippen LogP contribution in [0, 0.1) is 23.7 Å². The van der Waals surface area contributed by atoms with Crippen LogP contribution in [0.25, 0.3) is 18.2 Å². The van der Waals surface area contributed by atoms with Gasteiger partial charge in [-0.25, -0.2) is 0 Å². The highest BCUT2D eigenvalue weighted by atomic mass is 16.5. The molecule has 1 aromatic heterocycles. The van der Waals surface area contributed by atoms with Crippen molar-refractivity contribution in [2.75, 3.05) is 45.0 Å². The molecule has 5 atom stereocenters. The second-order valence-electron chi connectivity index (χ2n) is 23.6. The highest BCUT2D eigenvalue weighted by molar-refractivity contribution is 5.97. The Morgan fingerprint density at radius 3 is 1.61 bits per heavy atom. The number of piperidine rings is 3. The van der Waals surface area contributed by atoms with Crippen LogP contribution >= 0.6 is 0 Å². The van der Waals surface area contributed by atoms with Crippen LogP contribution in [-0.2, 0) is 30.6 Å². The minimum Gasteiger partial charge on any atom is -0.381 e. The minimum absolute atomic E-state index is 0.00542. The number of rotatable bonds is 13. The number of aromatic nitrogens is 1. The summed E-state index contributed by atoms with van der Waals surface area (Å²) < 4.78 is 5.05. The largest absolute Gasteiger partial charge is 0.381 e. The Hall–Kier alpha value is -6.11. The average molecular weight is 1040 g/mol. The lowest BCUT2D eigenvalue weighted by molar-refractivity contribution is -0.141. The van der Waals surface area contributed by atoms with Gasteiger partial charge >= 0.3 is 0 Å². The zero-order valence-corrected chi connectivity index (χ0v) is 46.3. The van der Waals surface area contributed by atoms with Gasteiger partial charge in [-0.3, -0.25) is 19.2 Å². The fourth-order valence-electron chi connectivity index (χ4n) is 13.5. The van der Waals surface area contributed by atoms with Crippen molar-refractivity contribution in [3.05, 3.63) is 136 Å². The summed E-state index contributed by atoms with van der Waals surface area (Å²) >= 11 is 0. The number of carbonyl (C=O) groups excluding carboxylic acids is 4. The smallest absolute Gasteiger partial charge is 0.290 e. The monoisotopic (exact) mass is 1040 g/mol. The molecule has 0 unspecified atom stereocenters. The lowest BCUT2D eigenvalue weighted by atomic mass is 9.74. The van der Waals surface area contributed by atoms with E-state index in [4.69, 9.17) is 16.0 Å². The van der Waals surface area contributed by atoms with E-state index in [9.17, 15) is 19.2 Å². The Kier molecular flexibility index (Phi) is 17.8. The lowest BCUT2D eigenvalue weighted by Gasteiger charge is -2.41. The molecule has 4 aliphatic carbocycles. The normalized spacial score (nSPS) is 21.2. The number of hydrogen-bond donors (Lipinski definition) is 4. The van der Waals surface area contributed by atoms with Crippen LogP contribution in [0.2, 0.25) is 0 Å². The molecule has 410 valence electrons. The number of nitrogens with one attached hydrogen (secondary N) is 2. The molecule has 3 amide bonds. The van der Waals surface area contributed by atoms with E-state index in [1.54, 1.807) is 5.56 Å². The summed E-state index contributed by atoms with van der Waals surface area (Å²) in [5.74, 6) is -0.0445. The van der Waals surface area contributed by atoms with E-state index in [-0.39, 0.29) is 64.3 Å². The van der Waals surface area contributed by atoms with E-state index in [2.05, 4.69) is 153 Å². The number of nitrogens with zero attached hydrogens (tertiary/aromatic N) is 3. The van der Waals surface area contributed by atoms with Gasteiger partial charge in [-0.05, 0) is 109 Å². The molecule has 1 saturated carbocycles. The number of hydrogen-bond acceptors (Lipinski definition) is 9. The molecule has 6 N–H and O–H groups in total. The van der Waals surface area contributed by atoms with Crippen LogP contribution in [0.4, 0.5) is 5.82 Å². The van der Waals surface area contributed by atoms with E-state index in [1.807, 2.05) is 9.80 Å². The summed E-state index contributed by atoms with van der Waals surface area (Å²) in [6.45, 7) is 13.5. The van der Waals surface area contributed by atoms with Crippen molar-refractivity contribution in [3.8, 4) is 0 Å². The van der Waals surface area contributed by atoms with Crippen LogP contribution in [-0.4, -0.2) is 89.8 Å². The molecule has 7 aliphatic rings. The molecule has 4 heterocycles. The quantitative estimate of drug-likeness (QED) is 0.101. The third kappa shape index (κ3) is 12.3. The summed E-state index contributed by atoms with van der Waals surface area (Å²) in [7, 11) is 0. The maximum atomic E-state index is 14.0. The van der Waals surface area contributed by atoms with Crippen molar-refractivity contribution >= 4 is 47.6 Å². The summed E-state index contributed by atoms with van der Waals surface area (Å²) in [5.41, 5.74) is 20.6. The molecule has 3 saturated heterocycles. The van der Waals surface area contributed by atoms with Gasteiger partial charge in [-0.2, -0.15) is 0 Å². The van der Waals surface area contributed by atoms with Gasteiger partial charge < -0.3 is 36.4 Å². The van der Waals surface area contributed by atoms with Gasteiger partial charge in [-0.1, -0.05) is 187 Å². The van der Waals surface area contributed by atoms with Crippen molar-refractivity contribution in [2.45, 2.75) is 152 Å². The predicted molar refractivity (Wildman–Crippen MR) is 309 cm³/mol. The summed E-state index contributed by atoms with van der Waals surface area (Å²) in [5, 5.41) is 9.94. The topological polar surface area (TPSA) is 177 Å². The van der Waals surface area contributed by atoms with E-state index < -0.39 is 17.9 Å².